The Kier molecular flexibility index (Phi) is 5.47. The number of carbonyl (C=O) groups excluding carboxylic acids is 3. The molecular weight excluding hydrogens is 304 g/mol. The van der Waals surface area contributed by atoms with Gasteiger partial charge in [-0.15, -0.1) is 0 Å². The van der Waals surface area contributed by atoms with E-state index in [2.05, 4.69) is 10.6 Å². The fourth-order valence-electron chi connectivity index (χ4n) is 2.23. The fraction of sp³-hybridized carbons (Fsp3) is 0.211. The minimum atomic E-state index is -0.432. The number of carbonyl (C=O) groups is 3. The maximum Gasteiger partial charge on any atom is 0.233 e. The normalized spacial score (nSPS) is 10.1. The quantitative estimate of drug-likeness (QED) is 0.653. The molecule has 2 aromatic carbocycles. The topological polar surface area (TPSA) is 75.3 Å². The minimum Gasteiger partial charge on any atom is -0.326 e. The standard InChI is InChI=1S/C19H20N2O3/c1-12-7-8-13(2)17(9-12)21-19(24)11-18(23)20-16-6-4-5-15(10-16)14(3)22/h4-10H,11H2,1-3H3,(H,20,23)(H,21,24). The highest BCUT2D eigenvalue weighted by Gasteiger charge is 2.12. The van der Waals surface area contributed by atoms with Gasteiger partial charge in [-0.05, 0) is 50.1 Å². The van der Waals surface area contributed by atoms with Gasteiger partial charge in [-0.25, -0.2) is 0 Å². The van der Waals surface area contributed by atoms with E-state index in [-0.39, 0.29) is 18.1 Å². The van der Waals surface area contributed by atoms with Crippen molar-refractivity contribution in [1.82, 2.24) is 0 Å². The molecule has 0 bridgehead atoms. The molecular formula is C19H20N2O3. The average Bonchev–Trinajstić information content (AvgIpc) is 2.51. The Bertz CT molecular complexity index is 797. The van der Waals surface area contributed by atoms with Gasteiger partial charge in [0.1, 0.15) is 6.42 Å². The molecule has 0 unspecified atom stereocenters. The summed E-state index contributed by atoms with van der Waals surface area (Å²) in [5.41, 5.74) is 3.66. The molecule has 0 aliphatic heterocycles. The molecule has 2 N–H and O–H groups in total. The van der Waals surface area contributed by atoms with Crippen LogP contribution in [0.25, 0.3) is 0 Å². The Labute approximate surface area is 141 Å². The van der Waals surface area contributed by atoms with Crippen LogP contribution in [0, 0.1) is 13.8 Å². The second-order valence-electron chi connectivity index (χ2n) is 5.73. The third kappa shape index (κ3) is 4.78. The monoisotopic (exact) mass is 324 g/mol. The van der Waals surface area contributed by atoms with Gasteiger partial charge in [0, 0.05) is 16.9 Å². The van der Waals surface area contributed by atoms with Crippen LogP contribution >= 0.6 is 0 Å². The first-order chi connectivity index (χ1) is 11.3. The number of rotatable bonds is 5. The molecule has 0 heterocycles. The van der Waals surface area contributed by atoms with E-state index in [0.29, 0.717) is 16.9 Å². The molecule has 2 rings (SSSR count). The van der Waals surface area contributed by atoms with Crippen molar-refractivity contribution in [2.75, 3.05) is 10.6 Å². The first-order valence-electron chi connectivity index (χ1n) is 7.63. The zero-order valence-electron chi connectivity index (χ0n) is 14.0. The van der Waals surface area contributed by atoms with E-state index in [9.17, 15) is 14.4 Å². The number of aryl methyl sites for hydroxylation is 2. The minimum absolute atomic E-state index is 0.0845. The highest BCUT2D eigenvalue weighted by atomic mass is 16.2. The van der Waals surface area contributed by atoms with Crippen LogP contribution in [0.1, 0.15) is 34.8 Å². The summed E-state index contributed by atoms with van der Waals surface area (Å²) in [4.78, 5) is 35.4. The molecule has 124 valence electrons. The van der Waals surface area contributed by atoms with Crippen LogP contribution in [0.2, 0.25) is 0 Å². The Balaban J connectivity index is 1.97. The SMILES string of the molecule is CC(=O)c1cccc(NC(=O)CC(=O)Nc2cc(C)ccc2C)c1. The molecule has 0 aromatic heterocycles. The first kappa shape index (κ1) is 17.4. The molecule has 0 fully saturated rings. The molecule has 5 nitrogen and oxygen atoms in total. The van der Waals surface area contributed by atoms with Crippen LogP contribution in [0.5, 0.6) is 0 Å². The number of Topliss-reactive ketones (excluding diaryl/α,β-unsaturated/α-hetero) is 1. The summed E-state index contributed by atoms with van der Waals surface area (Å²) in [6.07, 6.45) is -0.294. The van der Waals surface area contributed by atoms with E-state index in [0.717, 1.165) is 11.1 Å². The maximum absolute atomic E-state index is 12.0. The number of hydrogen-bond donors (Lipinski definition) is 2. The Morgan fingerprint density at radius 3 is 2.33 bits per heavy atom. The second-order valence-corrected chi connectivity index (χ2v) is 5.73. The van der Waals surface area contributed by atoms with Crippen molar-refractivity contribution in [3.63, 3.8) is 0 Å². The molecule has 0 saturated carbocycles. The largest absolute Gasteiger partial charge is 0.326 e. The van der Waals surface area contributed by atoms with E-state index in [1.807, 2.05) is 32.0 Å². The zero-order valence-corrected chi connectivity index (χ0v) is 14.0. The summed E-state index contributed by atoms with van der Waals surface area (Å²) >= 11 is 0. The summed E-state index contributed by atoms with van der Waals surface area (Å²) in [6, 6.07) is 12.4. The Morgan fingerprint density at radius 1 is 0.917 bits per heavy atom. The number of hydrogen-bond acceptors (Lipinski definition) is 3. The maximum atomic E-state index is 12.0. The lowest BCUT2D eigenvalue weighted by Gasteiger charge is -2.10. The highest BCUT2D eigenvalue weighted by Crippen LogP contribution is 2.17. The van der Waals surface area contributed by atoms with Crippen molar-refractivity contribution < 1.29 is 14.4 Å². The zero-order chi connectivity index (χ0) is 17.7. The van der Waals surface area contributed by atoms with Crippen molar-refractivity contribution in [3.8, 4) is 0 Å². The number of anilines is 2. The molecule has 0 aliphatic carbocycles. The van der Waals surface area contributed by atoms with Gasteiger partial charge in [0.15, 0.2) is 5.78 Å². The Morgan fingerprint density at radius 2 is 1.62 bits per heavy atom. The summed E-state index contributed by atoms with van der Waals surface area (Å²) in [5.74, 6) is -0.902. The molecule has 0 saturated heterocycles. The highest BCUT2D eigenvalue weighted by molar-refractivity contribution is 6.08. The third-order valence-electron chi connectivity index (χ3n) is 3.54. The van der Waals surface area contributed by atoms with Gasteiger partial charge < -0.3 is 10.6 Å². The fourth-order valence-corrected chi connectivity index (χ4v) is 2.23. The van der Waals surface area contributed by atoms with Crippen LogP contribution in [0.3, 0.4) is 0 Å². The van der Waals surface area contributed by atoms with E-state index in [1.165, 1.54) is 6.92 Å². The number of amides is 2. The molecule has 5 heteroatoms. The van der Waals surface area contributed by atoms with Crippen molar-refractivity contribution in [2.24, 2.45) is 0 Å². The van der Waals surface area contributed by atoms with Crippen LogP contribution in [0.4, 0.5) is 11.4 Å². The lowest BCUT2D eigenvalue weighted by Crippen LogP contribution is -2.21. The van der Waals surface area contributed by atoms with Gasteiger partial charge in [0.2, 0.25) is 11.8 Å². The van der Waals surface area contributed by atoms with Gasteiger partial charge in [0.25, 0.3) is 0 Å². The summed E-state index contributed by atoms with van der Waals surface area (Å²) in [5, 5.41) is 5.37. The van der Waals surface area contributed by atoms with Crippen LogP contribution in [-0.4, -0.2) is 17.6 Å². The van der Waals surface area contributed by atoms with Crippen molar-refractivity contribution in [3.05, 3.63) is 59.2 Å². The van der Waals surface area contributed by atoms with Crippen LogP contribution < -0.4 is 10.6 Å². The molecule has 24 heavy (non-hydrogen) atoms. The molecule has 0 radical (unpaired) electrons. The second kappa shape index (κ2) is 7.55. The van der Waals surface area contributed by atoms with Gasteiger partial charge in [-0.3, -0.25) is 14.4 Å². The molecule has 0 atom stereocenters. The van der Waals surface area contributed by atoms with E-state index >= 15 is 0 Å². The lowest BCUT2D eigenvalue weighted by atomic mass is 10.1. The summed E-state index contributed by atoms with van der Waals surface area (Å²) in [7, 11) is 0. The predicted octanol–water partition coefficient (Wildman–Crippen LogP) is 3.47. The molecule has 2 aromatic rings. The predicted molar refractivity (Wildman–Crippen MR) is 94.2 cm³/mol. The summed E-state index contributed by atoms with van der Waals surface area (Å²) < 4.78 is 0. The van der Waals surface area contributed by atoms with Crippen LogP contribution in [-0.2, 0) is 9.59 Å². The molecule has 0 spiro atoms. The van der Waals surface area contributed by atoms with E-state index in [4.69, 9.17) is 0 Å². The van der Waals surface area contributed by atoms with Crippen molar-refractivity contribution in [2.45, 2.75) is 27.2 Å². The van der Waals surface area contributed by atoms with Crippen molar-refractivity contribution >= 4 is 29.0 Å². The van der Waals surface area contributed by atoms with Gasteiger partial charge in [0.05, 0.1) is 0 Å². The number of nitrogens with one attached hydrogen (secondary N) is 2. The van der Waals surface area contributed by atoms with Crippen molar-refractivity contribution in [1.29, 1.82) is 0 Å². The Hall–Kier alpha value is -2.95. The molecule has 0 aliphatic rings. The van der Waals surface area contributed by atoms with Gasteiger partial charge in [-0.2, -0.15) is 0 Å². The van der Waals surface area contributed by atoms with E-state index < -0.39 is 5.91 Å². The number of ketones is 1. The lowest BCUT2D eigenvalue weighted by molar-refractivity contribution is -0.123. The number of benzene rings is 2. The van der Waals surface area contributed by atoms with Crippen LogP contribution in [0.15, 0.2) is 42.5 Å². The van der Waals surface area contributed by atoms with Gasteiger partial charge in [-0.1, -0.05) is 24.3 Å². The summed E-state index contributed by atoms with van der Waals surface area (Å²) in [6.45, 7) is 5.28. The first-order valence-corrected chi connectivity index (χ1v) is 7.63. The average molecular weight is 324 g/mol. The van der Waals surface area contributed by atoms with E-state index in [1.54, 1.807) is 24.3 Å². The smallest absolute Gasteiger partial charge is 0.233 e. The van der Waals surface area contributed by atoms with Gasteiger partial charge >= 0.3 is 0 Å². The third-order valence-corrected chi connectivity index (χ3v) is 3.54. The molecule has 2 amide bonds.